The first-order valence-corrected chi connectivity index (χ1v) is 7.87. The SMILES string of the molecule is CS(=O)(=O)c1ccc(NNC(=O)c2ccc(F)cc2)cc1. The molecule has 0 aliphatic heterocycles. The predicted molar refractivity (Wildman–Crippen MR) is 77.0 cm³/mol. The molecule has 2 aromatic rings. The molecule has 0 atom stereocenters. The third-order valence-electron chi connectivity index (χ3n) is 2.71. The lowest BCUT2D eigenvalue weighted by atomic mass is 10.2. The molecule has 2 rings (SSSR count). The fourth-order valence-corrected chi connectivity index (χ4v) is 2.22. The minimum atomic E-state index is -3.25. The van der Waals surface area contributed by atoms with Gasteiger partial charge in [-0.05, 0) is 48.5 Å². The van der Waals surface area contributed by atoms with Gasteiger partial charge in [-0.3, -0.25) is 15.6 Å². The number of carbonyl (C=O) groups excluding carboxylic acids is 1. The maximum atomic E-state index is 12.7. The van der Waals surface area contributed by atoms with Crippen LogP contribution in [-0.4, -0.2) is 20.6 Å². The van der Waals surface area contributed by atoms with Crippen LogP contribution in [0.4, 0.5) is 10.1 Å². The van der Waals surface area contributed by atoms with Crippen LogP contribution >= 0.6 is 0 Å². The number of sulfone groups is 1. The molecule has 7 heteroatoms. The summed E-state index contributed by atoms with van der Waals surface area (Å²) < 4.78 is 35.3. The minimum absolute atomic E-state index is 0.193. The highest BCUT2D eigenvalue weighted by Gasteiger charge is 2.07. The molecule has 110 valence electrons. The molecule has 1 amide bonds. The smallest absolute Gasteiger partial charge is 0.269 e. The van der Waals surface area contributed by atoms with Crippen molar-refractivity contribution in [3.05, 3.63) is 59.9 Å². The van der Waals surface area contributed by atoms with Gasteiger partial charge in [0.15, 0.2) is 9.84 Å². The van der Waals surface area contributed by atoms with E-state index >= 15 is 0 Å². The Bertz CT molecular complexity index is 741. The lowest BCUT2D eigenvalue weighted by Crippen LogP contribution is -2.29. The molecule has 2 N–H and O–H groups in total. The number of nitrogens with one attached hydrogen (secondary N) is 2. The Balaban J connectivity index is 2.00. The molecule has 0 bridgehead atoms. The van der Waals surface area contributed by atoms with Crippen molar-refractivity contribution >= 4 is 21.4 Å². The summed E-state index contributed by atoms with van der Waals surface area (Å²) in [7, 11) is -3.25. The number of anilines is 1. The van der Waals surface area contributed by atoms with Crippen molar-refractivity contribution in [2.75, 3.05) is 11.7 Å². The lowest BCUT2D eigenvalue weighted by Gasteiger charge is -2.09. The van der Waals surface area contributed by atoms with E-state index in [0.717, 1.165) is 6.26 Å². The van der Waals surface area contributed by atoms with Crippen LogP contribution in [0.2, 0.25) is 0 Å². The van der Waals surface area contributed by atoms with Gasteiger partial charge in [0.1, 0.15) is 5.82 Å². The normalized spacial score (nSPS) is 11.0. The number of hydrogen-bond donors (Lipinski definition) is 2. The summed E-state index contributed by atoms with van der Waals surface area (Å²) >= 11 is 0. The molecule has 0 aliphatic rings. The summed E-state index contributed by atoms with van der Waals surface area (Å²) in [4.78, 5) is 12.0. The van der Waals surface area contributed by atoms with Crippen LogP contribution in [0.15, 0.2) is 53.4 Å². The van der Waals surface area contributed by atoms with Crippen molar-refractivity contribution in [1.82, 2.24) is 5.43 Å². The Morgan fingerprint density at radius 3 is 2.10 bits per heavy atom. The van der Waals surface area contributed by atoms with Gasteiger partial charge in [-0.1, -0.05) is 0 Å². The molecule has 21 heavy (non-hydrogen) atoms. The highest BCUT2D eigenvalue weighted by Crippen LogP contribution is 2.13. The van der Waals surface area contributed by atoms with Gasteiger partial charge in [0.25, 0.3) is 5.91 Å². The molecule has 0 aliphatic carbocycles. The van der Waals surface area contributed by atoms with Crippen LogP contribution < -0.4 is 10.9 Å². The molecule has 0 fully saturated rings. The standard InChI is InChI=1S/C14H13FN2O3S/c1-21(19,20)13-8-6-12(7-9-13)16-17-14(18)10-2-4-11(15)5-3-10/h2-9,16H,1H3,(H,17,18). The zero-order valence-corrected chi connectivity index (χ0v) is 11.9. The van der Waals surface area contributed by atoms with E-state index in [-0.39, 0.29) is 4.90 Å². The van der Waals surface area contributed by atoms with Crippen molar-refractivity contribution in [2.24, 2.45) is 0 Å². The molecular weight excluding hydrogens is 295 g/mol. The van der Waals surface area contributed by atoms with Crippen molar-refractivity contribution in [1.29, 1.82) is 0 Å². The van der Waals surface area contributed by atoms with Crippen molar-refractivity contribution in [2.45, 2.75) is 4.90 Å². The Morgan fingerprint density at radius 2 is 1.57 bits per heavy atom. The first kappa shape index (κ1) is 15.0. The number of hydrazine groups is 1. The molecule has 0 radical (unpaired) electrons. The summed E-state index contributed by atoms with van der Waals surface area (Å²) in [6.07, 6.45) is 1.12. The van der Waals surface area contributed by atoms with Gasteiger partial charge in [-0.2, -0.15) is 0 Å². The van der Waals surface area contributed by atoms with E-state index in [0.29, 0.717) is 11.3 Å². The second kappa shape index (κ2) is 5.92. The van der Waals surface area contributed by atoms with Gasteiger partial charge < -0.3 is 0 Å². The van der Waals surface area contributed by atoms with Gasteiger partial charge in [-0.15, -0.1) is 0 Å². The van der Waals surface area contributed by atoms with Crippen LogP contribution in [0, 0.1) is 5.82 Å². The van der Waals surface area contributed by atoms with Crippen LogP contribution in [0.3, 0.4) is 0 Å². The van der Waals surface area contributed by atoms with Gasteiger partial charge >= 0.3 is 0 Å². The summed E-state index contributed by atoms with van der Waals surface area (Å²) in [5.41, 5.74) is 5.91. The molecule has 5 nitrogen and oxygen atoms in total. The van der Waals surface area contributed by atoms with Crippen molar-refractivity contribution < 1.29 is 17.6 Å². The second-order valence-electron chi connectivity index (χ2n) is 4.38. The van der Waals surface area contributed by atoms with Crippen molar-refractivity contribution in [3.63, 3.8) is 0 Å². The molecular formula is C14H13FN2O3S. The minimum Gasteiger partial charge on any atom is -0.298 e. The topological polar surface area (TPSA) is 75.3 Å². The van der Waals surface area contributed by atoms with Gasteiger partial charge in [-0.25, -0.2) is 12.8 Å². The summed E-state index contributed by atoms with van der Waals surface area (Å²) in [5.74, 6) is -0.849. The number of halogens is 1. The average molecular weight is 308 g/mol. The summed E-state index contributed by atoms with van der Waals surface area (Å²) in [5, 5.41) is 0. The lowest BCUT2D eigenvalue weighted by molar-refractivity contribution is 0.0962. The molecule has 0 unspecified atom stereocenters. The molecule has 0 aromatic heterocycles. The fraction of sp³-hybridized carbons (Fsp3) is 0.0714. The Kier molecular flexibility index (Phi) is 4.23. The molecule has 0 heterocycles. The molecule has 0 saturated heterocycles. The highest BCUT2D eigenvalue weighted by atomic mass is 32.2. The van der Waals surface area contributed by atoms with E-state index in [1.54, 1.807) is 0 Å². The average Bonchev–Trinajstić information content (AvgIpc) is 2.45. The Labute approximate surface area is 121 Å². The zero-order valence-electron chi connectivity index (χ0n) is 11.1. The maximum Gasteiger partial charge on any atom is 0.269 e. The first-order valence-electron chi connectivity index (χ1n) is 5.98. The predicted octanol–water partition coefficient (Wildman–Crippen LogP) is 1.99. The highest BCUT2D eigenvalue weighted by molar-refractivity contribution is 7.90. The van der Waals surface area contributed by atoms with Crippen LogP contribution in [0.1, 0.15) is 10.4 Å². The van der Waals surface area contributed by atoms with E-state index in [4.69, 9.17) is 0 Å². The van der Waals surface area contributed by atoms with Gasteiger partial charge in [0.2, 0.25) is 0 Å². The molecule has 2 aromatic carbocycles. The second-order valence-corrected chi connectivity index (χ2v) is 6.40. The Morgan fingerprint density at radius 1 is 1.00 bits per heavy atom. The number of hydrogen-bond acceptors (Lipinski definition) is 4. The van der Waals surface area contributed by atoms with Crippen LogP contribution in [0.5, 0.6) is 0 Å². The number of amides is 1. The van der Waals surface area contributed by atoms with Crippen LogP contribution in [-0.2, 0) is 9.84 Å². The third kappa shape index (κ3) is 4.03. The van der Waals surface area contributed by atoms with E-state index in [1.807, 2.05) is 0 Å². The van der Waals surface area contributed by atoms with E-state index in [1.165, 1.54) is 48.5 Å². The molecule has 0 saturated carbocycles. The van der Waals surface area contributed by atoms with Gasteiger partial charge in [0.05, 0.1) is 10.6 Å². The van der Waals surface area contributed by atoms with Crippen LogP contribution in [0.25, 0.3) is 0 Å². The zero-order chi connectivity index (χ0) is 15.5. The summed E-state index contributed by atoms with van der Waals surface area (Å²) in [6, 6.07) is 11.0. The fourth-order valence-electron chi connectivity index (χ4n) is 1.59. The summed E-state index contributed by atoms with van der Waals surface area (Å²) in [6.45, 7) is 0. The van der Waals surface area contributed by atoms with E-state index in [9.17, 15) is 17.6 Å². The first-order chi connectivity index (χ1) is 9.86. The largest absolute Gasteiger partial charge is 0.298 e. The van der Waals surface area contributed by atoms with E-state index in [2.05, 4.69) is 10.9 Å². The number of carbonyl (C=O) groups is 1. The number of rotatable bonds is 4. The monoisotopic (exact) mass is 308 g/mol. The molecule has 0 spiro atoms. The van der Waals surface area contributed by atoms with E-state index < -0.39 is 21.6 Å². The maximum absolute atomic E-state index is 12.7. The van der Waals surface area contributed by atoms with Crippen molar-refractivity contribution in [3.8, 4) is 0 Å². The number of benzene rings is 2. The third-order valence-corrected chi connectivity index (χ3v) is 3.84. The van der Waals surface area contributed by atoms with Gasteiger partial charge in [0, 0.05) is 11.8 Å². The Hall–Kier alpha value is -2.41. The quantitative estimate of drug-likeness (QED) is 0.847.